The number of para-hydroxylation sites is 4. The van der Waals surface area contributed by atoms with Crippen LogP contribution >= 0.6 is 0 Å². The molecule has 9 aromatic carbocycles. The number of allylic oxidation sites excluding steroid dienone is 5. The van der Waals surface area contributed by atoms with E-state index >= 15 is 0 Å². The smallest absolute Gasteiger partial charge is 0.164 e. The van der Waals surface area contributed by atoms with Gasteiger partial charge >= 0.3 is 0 Å². The minimum Gasteiger partial charge on any atom is -0.309 e. The fourth-order valence-corrected chi connectivity index (χ4v) is 9.83. The van der Waals surface area contributed by atoms with Crippen LogP contribution in [-0.4, -0.2) is 24.1 Å². The average molecular weight is 884 g/mol. The zero-order valence-corrected chi connectivity index (χ0v) is 38.0. The van der Waals surface area contributed by atoms with E-state index in [1.807, 2.05) is 24.3 Å². The number of rotatable bonds is 10. The summed E-state index contributed by atoms with van der Waals surface area (Å²) in [6.07, 6.45) is 6.21. The number of nitrogens with zero attached hydrogens (tertiary/aromatic N) is 5. The van der Waals surface area contributed by atoms with Gasteiger partial charge in [0.15, 0.2) is 17.5 Å². The molecular weight excluding hydrogens is 839 g/mol. The third-order valence-corrected chi connectivity index (χ3v) is 13.1. The first-order valence-electron chi connectivity index (χ1n) is 23.3. The van der Waals surface area contributed by atoms with Gasteiger partial charge in [0.2, 0.25) is 0 Å². The first kappa shape index (κ1) is 41.3. The third-order valence-electron chi connectivity index (χ3n) is 13.1. The number of benzene rings is 9. The molecule has 69 heavy (non-hydrogen) atoms. The highest BCUT2D eigenvalue weighted by Gasteiger charge is 2.19. The summed E-state index contributed by atoms with van der Waals surface area (Å²) in [7, 11) is 0. The van der Waals surface area contributed by atoms with E-state index in [9.17, 15) is 0 Å². The molecule has 5 heteroatoms. The van der Waals surface area contributed by atoms with Crippen molar-refractivity contribution in [3.8, 4) is 56.7 Å². The van der Waals surface area contributed by atoms with Gasteiger partial charge in [-0.15, -0.1) is 0 Å². The standard InChI is InChI=1S/C64H45N5/c1-3-19-48(40-43(2)44-20-6-4-7-21-44)49-38-39-61(69-59-32-16-12-28-54(59)55-29-13-17-33-60(55)69)56(42-49)45-34-36-47(37-35-45)63-65-62(46-22-8-5-9-23-46)66-64(67-63)50-24-18-25-51(41-50)68-57-30-14-10-26-52(57)53-27-11-15-31-58(53)68/h3-42H,1H2,2H3/b43-40+,48-19+. The number of aromatic nitrogens is 5. The van der Waals surface area contributed by atoms with Crippen LogP contribution in [0.1, 0.15) is 18.1 Å². The van der Waals surface area contributed by atoms with Crippen molar-refractivity contribution in [2.45, 2.75) is 6.92 Å². The van der Waals surface area contributed by atoms with Crippen molar-refractivity contribution < 1.29 is 0 Å². The summed E-state index contributed by atoms with van der Waals surface area (Å²) in [5.41, 5.74) is 16.1. The molecule has 0 unspecified atom stereocenters. The third kappa shape index (κ3) is 7.53. The zero-order chi connectivity index (χ0) is 46.3. The number of fused-ring (bicyclic) bond motifs is 6. The highest BCUT2D eigenvalue weighted by atomic mass is 15.0. The van der Waals surface area contributed by atoms with Crippen LogP contribution in [0, 0.1) is 0 Å². The molecule has 0 spiro atoms. The van der Waals surface area contributed by atoms with Crippen molar-refractivity contribution in [2.24, 2.45) is 0 Å². The fraction of sp³-hybridized carbons (Fsp3) is 0.0156. The SMILES string of the molecule is C=C/C=C(\C=C(/C)c1ccccc1)c1ccc(-n2c3ccccc3c3ccccc32)c(-c2ccc(-c3nc(-c4ccccc4)nc(-c4cccc(-n5c6ccccc6c6ccccc65)c4)n3)cc2)c1. The lowest BCUT2D eigenvalue weighted by Gasteiger charge is -2.17. The van der Waals surface area contributed by atoms with Crippen molar-refractivity contribution >= 4 is 54.8 Å². The Kier molecular flexibility index (Phi) is 10.5. The minimum atomic E-state index is 0.599. The monoisotopic (exact) mass is 883 g/mol. The molecule has 0 saturated heterocycles. The van der Waals surface area contributed by atoms with E-state index in [1.54, 1.807) is 0 Å². The van der Waals surface area contributed by atoms with Crippen molar-refractivity contribution in [1.29, 1.82) is 0 Å². The summed E-state index contributed by atoms with van der Waals surface area (Å²) in [6.45, 7) is 6.28. The minimum absolute atomic E-state index is 0.599. The van der Waals surface area contributed by atoms with E-state index in [-0.39, 0.29) is 0 Å². The van der Waals surface area contributed by atoms with Crippen LogP contribution in [0.25, 0.3) is 111 Å². The van der Waals surface area contributed by atoms with Crippen LogP contribution < -0.4 is 0 Å². The molecule has 0 fully saturated rings. The molecule has 12 rings (SSSR count). The lowest BCUT2D eigenvalue weighted by molar-refractivity contribution is 1.07. The predicted octanol–water partition coefficient (Wildman–Crippen LogP) is 16.4. The van der Waals surface area contributed by atoms with E-state index < -0.39 is 0 Å². The summed E-state index contributed by atoms with van der Waals surface area (Å²) in [6, 6.07) is 79.2. The van der Waals surface area contributed by atoms with E-state index in [1.165, 1.54) is 32.7 Å². The van der Waals surface area contributed by atoms with Gasteiger partial charge in [-0.25, -0.2) is 15.0 Å². The number of hydrogen-bond donors (Lipinski definition) is 0. The van der Waals surface area contributed by atoms with Gasteiger partial charge in [0, 0.05) is 49.5 Å². The van der Waals surface area contributed by atoms with Gasteiger partial charge in [-0.3, -0.25) is 0 Å². The Labute approximate surface area is 401 Å². The van der Waals surface area contributed by atoms with E-state index in [4.69, 9.17) is 15.0 Å². The van der Waals surface area contributed by atoms with Gasteiger partial charge in [0.25, 0.3) is 0 Å². The van der Waals surface area contributed by atoms with Gasteiger partial charge < -0.3 is 9.13 Å². The second-order valence-electron chi connectivity index (χ2n) is 17.3. The summed E-state index contributed by atoms with van der Waals surface area (Å²) < 4.78 is 4.73. The van der Waals surface area contributed by atoms with E-state index in [0.29, 0.717) is 17.5 Å². The Morgan fingerprint density at radius 2 is 0.870 bits per heavy atom. The lowest BCUT2D eigenvalue weighted by Crippen LogP contribution is -2.01. The first-order valence-corrected chi connectivity index (χ1v) is 23.3. The second kappa shape index (κ2) is 17.6. The molecule has 0 aliphatic rings. The van der Waals surface area contributed by atoms with E-state index in [0.717, 1.165) is 72.4 Å². The van der Waals surface area contributed by atoms with Gasteiger partial charge in [-0.05, 0) is 83.3 Å². The van der Waals surface area contributed by atoms with Crippen LogP contribution in [0.4, 0.5) is 0 Å². The Bertz CT molecular complexity index is 3860. The summed E-state index contributed by atoms with van der Waals surface area (Å²) in [4.78, 5) is 15.5. The molecule has 5 nitrogen and oxygen atoms in total. The highest BCUT2D eigenvalue weighted by molar-refractivity contribution is 6.10. The number of hydrogen-bond acceptors (Lipinski definition) is 3. The van der Waals surface area contributed by atoms with Crippen molar-refractivity contribution in [1.82, 2.24) is 24.1 Å². The summed E-state index contributed by atoms with van der Waals surface area (Å²) in [5, 5.41) is 4.86. The molecule has 3 heterocycles. The quantitative estimate of drug-likeness (QED) is 0.129. The molecule has 0 saturated carbocycles. The maximum atomic E-state index is 5.23. The normalized spacial score (nSPS) is 12.1. The highest BCUT2D eigenvalue weighted by Crippen LogP contribution is 2.39. The molecular formula is C64H45N5. The van der Waals surface area contributed by atoms with E-state index in [2.05, 4.69) is 241 Å². The van der Waals surface area contributed by atoms with Crippen LogP contribution in [0.2, 0.25) is 0 Å². The van der Waals surface area contributed by atoms with Gasteiger partial charge in [0.05, 0.1) is 27.8 Å². The lowest BCUT2D eigenvalue weighted by atomic mass is 9.94. The maximum absolute atomic E-state index is 5.23. The Balaban J connectivity index is 1.00. The molecule has 0 aliphatic heterocycles. The molecule has 0 N–H and O–H groups in total. The molecule has 12 aromatic rings. The van der Waals surface area contributed by atoms with Gasteiger partial charge in [-0.1, -0.05) is 201 Å². The van der Waals surface area contributed by atoms with Crippen LogP contribution in [-0.2, 0) is 0 Å². The van der Waals surface area contributed by atoms with Crippen molar-refractivity contribution in [3.63, 3.8) is 0 Å². The van der Waals surface area contributed by atoms with Gasteiger partial charge in [-0.2, -0.15) is 0 Å². The molecule has 0 bridgehead atoms. The first-order chi connectivity index (χ1) is 34.1. The zero-order valence-electron chi connectivity index (χ0n) is 38.0. The second-order valence-corrected chi connectivity index (χ2v) is 17.3. The summed E-state index contributed by atoms with van der Waals surface area (Å²) in [5.74, 6) is 1.82. The largest absolute Gasteiger partial charge is 0.309 e. The molecule has 3 aromatic heterocycles. The van der Waals surface area contributed by atoms with Crippen LogP contribution in [0.5, 0.6) is 0 Å². The molecule has 0 radical (unpaired) electrons. The van der Waals surface area contributed by atoms with Gasteiger partial charge in [0.1, 0.15) is 0 Å². The predicted molar refractivity (Wildman–Crippen MR) is 289 cm³/mol. The molecule has 0 aliphatic carbocycles. The molecule has 0 amide bonds. The Morgan fingerprint density at radius 3 is 1.43 bits per heavy atom. The van der Waals surface area contributed by atoms with Crippen LogP contribution in [0.15, 0.2) is 249 Å². The molecule has 326 valence electrons. The topological polar surface area (TPSA) is 48.5 Å². The molecule has 0 atom stereocenters. The van der Waals surface area contributed by atoms with Crippen molar-refractivity contribution in [3.05, 3.63) is 260 Å². The average Bonchev–Trinajstić information content (AvgIpc) is 3.94. The van der Waals surface area contributed by atoms with Crippen LogP contribution in [0.3, 0.4) is 0 Å². The van der Waals surface area contributed by atoms with Crippen molar-refractivity contribution in [2.75, 3.05) is 0 Å². The Hall–Kier alpha value is -9.19. The maximum Gasteiger partial charge on any atom is 0.164 e. The Morgan fingerprint density at radius 1 is 0.406 bits per heavy atom. The fourth-order valence-electron chi connectivity index (χ4n) is 9.83. The summed E-state index contributed by atoms with van der Waals surface area (Å²) >= 11 is 0.